The van der Waals surface area contributed by atoms with E-state index in [1.54, 1.807) is 0 Å². The average Bonchev–Trinajstić information content (AvgIpc) is 2.18. The molecule has 0 amide bonds. The lowest BCUT2D eigenvalue weighted by Gasteiger charge is -2.27. The molecule has 0 heterocycles. The van der Waals surface area contributed by atoms with Gasteiger partial charge >= 0.3 is 5.97 Å². The first-order valence-corrected chi connectivity index (χ1v) is 5.52. The number of esters is 1. The van der Waals surface area contributed by atoms with Gasteiger partial charge in [-0.2, -0.15) is 0 Å². The van der Waals surface area contributed by atoms with Crippen LogP contribution in [0.4, 0.5) is 4.39 Å². The third kappa shape index (κ3) is 3.16. The summed E-state index contributed by atoms with van der Waals surface area (Å²) in [5.41, 5.74) is -2.29. The van der Waals surface area contributed by atoms with Crippen molar-refractivity contribution < 1.29 is 19.0 Å². The molecule has 1 aliphatic rings. The van der Waals surface area contributed by atoms with Crippen molar-refractivity contribution in [3.63, 3.8) is 0 Å². The first kappa shape index (κ1) is 12.4. The predicted molar refractivity (Wildman–Crippen MR) is 54.2 cm³/mol. The largest absolute Gasteiger partial charge is 0.460 e. The Morgan fingerprint density at radius 2 is 2.00 bits per heavy atom. The number of aliphatic hydroxyl groups is 1. The van der Waals surface area contributed by atoms with E-state index in [0.29, 0.717) is 0 Å². The molecule has 1 fully saturated rings. The highest BCUT2D eigenvalue weighted by molar-refractivity contribution is 5.79. The van der Waals surface area contributed by atoms with Crippen LogP contribution in [0.1, 0.15) is 46.0 Å². The summed E-state index contributed by atoms with van der Waals surface area (Å²) >= 11 is 0. The third-order valence-electron chi connectivity index (χ3n) is 3.01. The Morgan fingerprint density at radius 3 is 2.47 bits per heavy atom. The topological polar surface area (TPSA) is 46.5 Å². The Kier molecular flexibility index (Phi) is 4.08. The van der Waals surface area contributed by atoms with E-state index in [0.717, 1.165) is 39.0 Å². The SMILES string of the molecule is CC(O)C(C)(F)C(=O)OC1CCCCC1. The number of carbonyl (C=O) groups excluding carboxylic acids is 1. The molecular formula is C11H19FO3. The lowest BCUT2D eigenvalue weighted by atomic mass is 9.97. The van der Waals surface area contributed by atoms with Gasteiger partial charge in [-0.1, -0.05) is 6.42 Å². The van der Waals surface area contributed by atoms with Crippen LogP contribution in [-0.4, -0.2) is 29.0 Å². The summed E-state index contributed by atoms with van der Waals surface area (Å²) in [6.45, 7) is 2.31. The monoisotopic (exact) mass is 218 g/mol. The fourth-order valence-corrected chi connectivity index (χ4v) is 1.62. The van der Waals surface area contributed by atoms with E-state index in [4.69, 9.17) is 9.84 Å². The van der Waals surface area contributed by atoms with Gasteiger partial charge in [0, 0.05) is 0 Å². The van der Waals surface area contributed by atoms with Gasteiger partial charge in [-0.3, -0.25) is 0 Å². The summed E-state index contributed by atoms with van der Waals surface area (Å²) in [6.07, 6.45) is 3.31. The van der Waals surface area contributed by atoms with Crippen molar-refractivity contribution in [1.29, 1.82) is 0 Å². The van der Waals surface area contributed by atoms with Gasteiger partial charge < -0.3 is 9.84 Å². The van der Waals surface area contributed by atoms with E-state index in [9.17, 15) is 9.18 Å². The Labute approximate surface area is 89.6 Å². The first-order valence-electron chi connectivity index (χ1n) is 5.52. The second-order valence-electron chi connectivity index (χ2n) is 4.42. The summed E-state index contributed by atoms with van der Waals surface area (Å²) in [5, 5.41) is 9.10. The Bertz CT molecular complexity index is 220. The molecule has 0 saturated heterocycles. The molecule has 2 unspecified atom stereocenters. The molecule has 4 heteroatoms. The summed E-state index contributed by atoms with van der Waals surface area (Å²) in [7, 11) is 0. The molecule has 0 aliphatic heterocycles. The van der Waals surface area contributed by atoms with Gasteiger partial charge in [-0.25, -0.2) is 9.18 Å². The molecule has 2 atom stereocenters. The fraction of sp³-hybridized carbons (Fsp3) is 0.909. The first-order chi connectivity index (χ1) is 6.94. The van der Waals surface area contributed by atoms with Crippen molar-refractivity contribution in [2.75, 3.05) is 0 Å². The maximum absolute atomic E-state index is 13.6. The molecule has 0 bridgehead atoms. The lowest BCUT2D eigenvalue weighted by molar-refractivity contribution is -0.170. The smallest absolute Gasteiger partial charge is 0.346 e. The van der Waals surface area contributed by atoms with E-state index in [2.05, 4.69) is 0 Å². The number of ether oxygens (including phenoxy) is 1. The van der Waals surface area contributed by atoms with E-state index < -0.39 is 17.7 Å². The maximum atomic E-state index is 13.6. The minimum Gasteiger partial charge on any atom is -0.460 e. The van der Waals surface area contributed by atoms with Crippen LogP contribution in [0, 0.1) is 0 Å². The number of hydrogen-bond donors (Lipinski definition) is 1. The molecule has 3 nitrogen and oxygen atoms in total. The molecule has 15 heavy (non-hydrogen) atoms. The van der Waals surface area contributed by atoms with Gasteiger partial charge in [0.2, 0.25) is 5.67 Å². The molecule has 1 aliphatic carbocycles. The molecule has 0 spiro atoms. The zero-order valence-electron chi connectivity index (χ0n) is 9.33. The van der Waals surface area contributed by atoms with Crippen molar-refractivity contribution in [3.05, 3.63) is 0 Å². The van der Waals surface area contributed by atoms with Crippen LogP contribution in [0.25, 0.3) is 0 Å². The molecule has 0 aromatic heterocycles. The van der Waals surface area contributed by atoms with Gasteiger partial charge in [-0.15, -0.1) is 0 Å². The molecule has 88 valence electrons. The summed E-state index contributed by atoms with van der Waals surface area (Å²) in [6, 6.07) is 0. The van der Waals surface area contributed by atoms with Crippen molar-refractivity contribution in [2.45, 2.75) is 63.8 Å². The number of alkyl halides is 1. The van der Waals surface area contributed by atoms with Crippen molar-refractivity contribution in [3.8, 4) is 0 Å². The molecule has 0 aromatic rings. The van der Waals surface area contributed by atoms with Gasteiger partial charge in [-0.05, 0) is 39.5 Å². The Morgan fingerprint density at radius 1 is 1.47 bits per heavy atom. The number of carbonyl (C=O) groups is 1. The molecule has 0 radical (unpaired) electrons. The van der Waals surface area contributed by atoms with Crippen LogP contribution in [0.5, 0.6) is 0 Å². The van der Waals surface area contributed by atoms with Crippen LogP contribution in [-0.2, 0) is 9.53 Å². The minimum atomic E-state index is -2.29. The Balaban J connectivity index is 2.46. The number of rotatable bonds is 3. The lowest BCUT2D eigenvalue weighted by Crippen LogP contribution is -2.44. The van der Waals surface area contributed by atoms with Crippen LogP contribution < -0.4 is 0 Å². The second-order valence-corrected chi connectivity index (χ2v) is 4.42. The highest BCUT2D eigenvalue weighted by atomic mass is 19.1. The van der Waals surface area contributed by atoms with Gasteiger partial charge in [0.25, 0.3) is 0 Å². The van der Waals surface area contributed by atoms with Gasteiger partial charge in [0.15, 0.2) is 0 Å². The molecule has 1 N–H and O–H groups in total. The van der Waals surface area contributed by atoms with Crippen molar-refractivity contribution >= 4 is 5.97 Å². The fourth-order valence-electron chi connectivity index (χ4n) is 1.62. The number of aliphatic hydroxyl groups excluding tert-OH is 1. The second kappa shape index (κ2) is 4.92. The highest BCUT2D eigenvalue weighted by Crippen LogP contribution is 2.24. The zero-order chi connectivity index (χ0) is 11.5. The normalized spacial score (nSPS) is 24.3. The van der Waals surface area contributed by atoms with Crippen LogP contribution >= 0.6 is 0 Å². The molecule has 1 rings (SSSR count). The summed E-state index contributed by atoms with van der Waals surface area (Å²) in [4.78, 5) is 11.4. The standard InChI is InChI=1S/C11H19FO3/c1-8(13)11(2,12)10(14)15-9-6-4-3-5-7-9/h8-9,13H,3-7H2,1-2H3. The number of halogens is 1. The quantitative estimate of drug-likeness (QED) is 0.737. The van der Waals surface area contributed by atoms with Gasteiger partial charge in [0.05, 0.1) is 6.10 Å². The van der Waals surface area contributed by atoms with Crippen LogP contribution in [0.2, 0.25) is 0 Å². The van der Waals surface area contributed by atoms with E-state index in [1.807, 2.05) is 0 Å². The van der Waals surface area contributed by atoms with Crippen LogP contribution in [0.3, 0.4) is 0 Å². The minimum absolute atomic E-state index is 0.167. The Hall–Kier alpha value is -0.640. The van der Waals surface area contributed by atoms with Gasteiger partial charge in [0.1, 0.15) is 6.10 Å². The molecule has 1 saturated carbocycles. The van der Waals surface area contributed by atoms with Crippen LogP contribution in [0.15, 0.2) is 0 Å². The molecular weight excluding hydrogens is 199 g/mol. The summed E-state index contributed by atoms with van der Waals surface area (Å²) < 4.78 is 18.7. The molecule has 0 aromatic carbocycles. The third-order valence-corrected chi connectivity index (χ3v) is 3.01. The maximum Gasteiger partial charge on any atom is 0.346 e. The number of hydrogen-bond acceptors (Lipinski definition) is 3. The predicted octanol–water partition coefficient (Wildman–Crippen LogP) is 1.97. The summed E-state index contributed by atoms with van der Waals surface area (Å²) in [5.74, 6) is -0.940. The average molecular weight is 218 g/mol. The van der Waals surface area contributed by atoms with E-state index in [1.165, 1.54) is 6.92 Å². The van der Waals surface area contributed by atoms with E-state index >= 15 is 0 Å². The van der Waals surface area contributed by atoms with Crippen molar-refractivity contribution in [2.24, 2.45) is 0 Å². The van der Waals surface area contributed by atoms with E-state index in [-0.39, 0.29) is 6.10 Å². The highest BCUT2D eigenvalue weighted by Gasteiger charge is 2.41. The van der Waals surface area contributed by atoms with Crippen molar-refractivity contribution in [1.82, 2.24) is 0 Å². The zero-order valence-corrected chi connectivity index (χ0v) is 9.33.